The van der Waals surface area contributed by atoms with Gasteiger partial charge in [-0.1, -0.05) is 66.4 Å². The summed E-state index contributed by atoms with van der Waals surface area (Å²) in [6, 6.07) is 25.9. The van der Waals surface area contributed by atoms with Crippen LogP contribution >= 0.6 is 11.8 Å². The van der Waals surface area contributed by atoms with Gasteiger partial charge in [0.1, 0.15) is 17.4 Å². The van der Waals surface area contributed by atoms with Crippen LogP contribution in [0.5, 0.6) is 5.75 Å². The lowest BCUT2D eigenvalue weighted by Gasteiger charge is -2.24. The Hall–Kier alpha value is -3.78. The smallest absolute Gasteiger partial charge is 0.298 e. The number of imide groups is 1. The first-order chi connectivity index (χ1) is 16.5. The average molecular weight is 474 g/mol. The number of fused-ring (bicyclic) bond motifs is 1. The number of nitrogens with zero attached hydrogens (tertiary/aromatic N) is 2. The van der Waals surface area contributed by atoms with Gasteiger partial charge < -0.3 is 14.1 Å². The molecule has 3 aromatic carbocycles. The fraction of sp³-hybridized carbons (Fsp3) is 0.192. The Bertz CT molecular complexity index is 1270. The highest BCUT2D eigenvalue weighted by Gasteiger charge is 2.31. The summed E-state index contributed by atoms with van der Waals surface area (Å²) in [6.07, 6.45) is 0.228. The Morgan fingerprint density at radius 3 is 2.47 bits per heavy atom. The van der Waals surface area contributed by atoms with Gasteiger partial charge in [0.15, 0.2) is 5.58 Å². The van der Waals surface area contributed by atoms with Crippen LogP contribution in [0.3, 0.4) is 0 Å². The molecule has 4 aromatic rings. The maximum atomic E-state index is 11.8. The molecule has 1 saturated heterocycles. The minimum absolute atomic E-state index is 0.235. The van der Waals surface area contributed by atoms with Crippen LogP contribution in [0.2, 0.25) is 0 Å². The molecule has 34 heavy (non-hydrogen) atoms. The van der Waals surface area contributed by atoms with Crippen LogP contribution in [0.4, 0.5) is 10.8 Å². The van der Waals surface area contributed by atoms with Crippen LogP contribution in [0.15, 0.2) is 83.3 Å². The molecule has 0 saturated carbocycles. The number of likely N-dealkylation sites (N-methyl/N-ethyl adjacent to an activating group) is 1. The SMILES string of the molecule is CN(CC(Oc1ccc(CC2SC(=O)NC2=O)cc1)c1ccccc1)c1nc2ccccc2o1. The number of aromatic nitrogens is 1. The van der Waals surface area contributed by atoms with Crippen LogP contribution in [0.25, 0.3) is 11.1 Å². The maximum Gasteiger partial charge on any atom is 0.298 e. The van der Waals surface area contributed by atoms with E-state index in [1.54, 1.807) is 0 Å². The van der Waals surface area contributed by atoms with Crippen molar-refractivity contribution in [2.24, 2.45) is 0 Å². The van der Waals surface area contributed by atoms with Crippen LogP contribution in [-0.4, -0.2) is 35.0 Å². The van der Waals surface area contributed by atoms with Crippen LogP contribution in [-0.2, 0) is 11.2 Å². The lowest BCUT2D eigenvalue weighted by atomic mass is 10.1. The van der Waals surface area contributed by atoms with Crippen molar-refractivity contribution in [3.05, 3.63) is 90.0 Å². The van der Waals surface area contributed by atoms with Gasteiger partial charge in [0, 0.05) is 7.05 Å². The number of carbonyl (C=O) groups excluding carboxylic acids is 2. The molecular weight excluding hydrogens is 450 g/mol. The fourth-order valence-electron chi connectivity index (χ4n) is 3.84. The molecular formula is C26H23N3O4S. The topological polar surface area (TPSA) is 84.7 Å². The summed E-state index contributed by atoms with van der Waals surface area (Å²) in [5.74, 6) is 0.477. The number of amides is 2. The molecule has 5 rings (SSSR count). The number of benzene rings is 3. The molecule has 1 fully saturated rings. The first kappa shape index (κ1) is 22.0. The van der Waals surface area contributed by atoms with E-state index in [0.29, 0.717) is 24.7 Å². The number of anilines is 1. The van der Waals surface area contributed by atoms with E-state index in [1.165, 1.54) is 0 Å². The highest BCUT2D eigenvalue weighted by atomic mass is 32.2. The zero-order valence-electron chi connectivity index (χ0n) is 18.5. The highest BCUT2D eigenvalue weighted by Crippen LogP contribution is 2.28. The van der Waals surface area contributed by atoms with Gasteiger partial charge in [-0.2, -0.15) is 4.98 Å². The summed E-state index contributed by atoms with van der Waals surface area (Å²) in [6.45, 7) is 0.527. The number of para-hydroxylation sites is 2. The first-order valence-corrected chi connectivity index (χ1v) is 11.8. The van der Waals surface area contributed by atoms with Gasteiger partial charge in [0.25, 0.3) is 11.3 Å². The summed E-state index contributed by atoms with van der Waals surface area (Å²) in [5, 5.41) is 1.65. The predicted octanol–water partition coefficient (Wildman–Crippen LogP) is 4.98. The molecule has 1 N–H and O–H groups in total. The van der Waals surface area contributed by atoms with Crippen molar-refractivity contribution in [2.75, 3.05) is 18.5 Å². The van der Waals surface area contributed by atoms with Crippen LogP contribution < -0.4 is 15.0 Å². The Morgan fingerprint density at radius 1 is 1.03 bits per heavy atom. The van der Waals surface area contributed by atoms with Crippen molar-refractivity contribution in [3.63, 3.8) is 0 Å². The van der Waals surface area contributed by atoms with E-state index in [4.69, 9.17) is 9.15 Å². The normalized spacial score (nSPS) is 16.4. The minimum Gasteiger partial charge on any atom is -0.484 e. The summed E-state index contributed by atoms with van der Waals surface area (Å²) in [5.41, 5.74) is 3.56. The molecule has 2 heterocycles. The van der Waals surface area contributed by atoms with E-state index in [1.807, 2.05) is 90.8 Å². The number of ether oxygens (including phenoxy) is 1. The van der Waals surface area contributed by atoms with Crippen molar-refractivity contribution < 1.29 is 18.7 Å². The van der Waals surface area contributed by atoms with E-state index in [2.05, 4.69) is 10.3 Å². The van der Waals surface area contributed by atoms with Crippen LogP contribution in [0.1, 0.15) is 17.2 Å². The Balaban J connectivity index is 1.31. The second kappa shape index (κ2) is 9.61. The molecule has 2 amide bonds. The summed E-state index contributed by atoms with van der Waals surface area (Å²) < 4.78 is 12.3. The number of hydrogen-bond donors (Lipinski definition) is 1. The minimum atomic E-state index is -0.388. The zero-order chi connectivity index (χ0) is 23.5. The standard InChI is InChI=1S/C26H23N3O4S/c1-29(25-27-20-9-5-6-10-21(20)33-25)16-22(18-7-3-2-4-8-18)32-19-13-11-17(12-14-19)15-23-24(30)28-26(31)34-23/h2-14,22-23H,15-16H2,1H3,(H,28,30,31). The Morgan fingerprint density at radius 2 is 1.76 bits per heavy atom. The third kappa shape index (κ3) is 4.92. The van der Waals surface area contributed by atoms with E-state index >= 15 is 0 Å². The molecule has 7 nitrogen and oxygen atoms in total. The molecule has 0 bridgehead atoms. The largest absolute Gasteiger partial charge is 0.484 e. The van der Waals surface area contributed by atoms with E-state index in [-0.39, 0.29) is 22.5 Å². The van der Waals surface area contributed by atoms with Crippen molar-refractivity contribution in [1.82, 2.24) is 10.3 Å². The second-order valence-electron chi connectivity index (χ2n) is 8.09. The quantitative estimate of drug-likeness (QED) is 0.386. The number of thioether (sulfide) groups is 1. The summed E-state index contributed by atoms with van der Waals surface area (Å²) in [7, 11) is 1.93. The molecule has 172 valence electrons. The third-order valence-electron chi connectivity index (χ3n) is 5.61. The molecule has 0 spiro atoms. The first-order valence-electron chi connectivity index (χ1n) is 10.9. The second-order valence-corrected chi connectivity index (χ2v) is 9.27. The zero-order valence-corrected chi connectivity index (χ0v) is 19.3. The highest BCUT2D eigenvalue weighted by molar-refractivity contribution is 8.15. The average Bonchev–Trinajstić information content (AvgIpc) is 3.42. The number of nitrogens with one attached hydrogen (secondary N) is 1. The van der Waals surface area contributed by atoms with Gasteiger partial charge in [0.2, 0.25) is 5.91 Å². The third-order valence-corrected chi connectivity index (χ3v) is 6.59. The number of oxazole rings is 1. The summed E-state index contributed by atoms with van der Waals surface area (Å²) in [4.78, 5) is 29.8. The lowest BCUT2D eigenvalue weighted by Crippen LogP contribution is -2.27. The fourth-order valence-corrected chi connectivity index (χ4v) is 4.70. The molecule has 1 aliphatic heterocycles. The van der Waals surface area contributed by atoms with Crippen molar-refractivity contribution in [2.45, 2.75) is 17.8 Å². The molecule has 0 aliphatic carbocycles. The monoisotopic (exact) mass is 473 g/mol. The molecule has 1 aromatic heterocycles. The van der Waals surface area contributed by atoms with Gasteiger partial charge in [-0.15, -0.1) is 0 Å². The van der Waals surface area contributed by atoms with Gasteiger partial charge >= 0.3 is 0 Å². The van der Waals surface area contributed by atoms with E-state index < -0.39 is 0 Å². The van der Waals surface area contributed by atoms with E-state index in [0.717, 1.165) is 34.0 Å². The molecule has 0 radical (unpaired) electrons. The predicted molar refractivity (Wildman–Crippen MR) is 132 cm³/mol. The van der Waals surface area contributed by atoms with Gasteiger partial charge in [-0.05, 0) is 41.8 Å². The Labute approximate surface area is 201 Å². The molecule has 2 atom stereocenters. The lowest BCUT2D eigenvalue weighted by molar-refractivity contribution is -0.118. The number of hydrogen-bond acceptors (Lipinski definition) is 7. The Kier molecular flexibility index (Phi) is 6.22. The van der Waals surface area contributed by atoms with E-state index in [9.17, 15) is 9.59 Å². The summed E-state index contributed by atoms with van der Waals surface area (Å²) >= 11 is 1.04. The van der Waals surface area contributed by atoms with Gasteiger partial charge in [-0.25, -0.2) is 0 Å². The van der Waals surface area contributed by atoms with Crippen molar-refractivity contribution >= 4 is 40.0 Å². The van der Waals surface area contributed by atoms with Gasteiger partial charge in [0.05, 0.1) is 11.8 Å². The molecule has 2 unspecified atom stereocenters. The van der Waals surface area contributed by atoms with Crippen molar-refractivity contribution in [3.8, 4) is 5.75 Å². The van der Waals surface area contributed by atoms with Gasteiger partial charge in [-0.3, -0.25) is 14.9 Å². The molecule has 8 heteroatoms. The number of carbonyl (C=O) groups is 2. The molecule has 1 aliphatic rings. The van der Waals surface area contributed by atoms with Crippen molar-refractivity contribution in [1.29, 1.82) is 0 Å². The van der Waals surface area contributed by atoms with Crippen LogP contribution in [0, 0.1) is 0 Å². The number of rotatable bonds is 8. The maximum absolute atomic E-state index is 11.8.